The van der Waals surface area contributed by atoms with Crippen molar-refractivity contribution in [2.24, 2.45) is 0 Å². The lowest BCUT2D eigenvalue weighted by Crippen LogP contribution is -1.95. The second kappa shape index (κ2) is 4.58. The van der Waals surface area contributed by atoms with Gasteiger partial charge in [-0.1, -0.05) is 30.7 Å². The second-order valence-corrected chi connectivity index (χ2v) is 3.76. The molecule has 82 valence electrons. The summed E-state index contributed by atoms with van der Waals surface area (Å²) in [6.45, 7) is 1.98. The summed E-state index contributed by atoms with van der Waals surface area (Å²) in [5.74, 6) is 0.156. The van der Waals surface area contributed by atoms with Crippen molar-refractivity contribution >= 4 is 11.6 Å². The molecule has 16 heavy (non-hydrogen) atoms. The molecule has 0 amide bonds. The zero-order valence-corrected chi connectivity index (χ0v) is 9.50. The zero-order chi connectivity index (χ0) is 11.5. The lowest BCUT2D eigenvalue weighted by molar-refractivity contribution is 0.628. The average molecular weight is 237 g/mol. The highest BCUT2D eigenvalue weighted by atomic mass is 35.5. The first-order chi connectivity index (χ1) is 7.69. The van der Waals surface area contributed by atoms with Crippen LogP contribution in [0.1, 0.15) is 12.6 Å². The predicted octanol–water partition coefficient (Wildman–Crippen LogP) is 3.50. The second-order valence-electron chi connectivity index (χ2n) is 3.37. The summed E-state index contributed by atoms with van der Waals surface area (Å²) in [7, 11) is 0. The Labute approximate surface area is 98.1 Å². The van der Waals surface area contributed by atoms with E-state index >= 15 is 0 Å². The Hall–Kier alpha value is -1.48. The molecule has 0 saturated heterocycles. The summed E-state index contributed by atoms with van der Waals surface area (Å²) >= 11 is 5.87. The molecule has 0 atom stereocenters. The standard InChI is InChI=1S/C12H10ClFN2/c1-2-10-7-11(13)16-12(15-10)8-4-3-5-9(14)6-8/h3-7H,2H2,1H3. The molecule has 2 rings (SSSR count). The van der Waals surface area contributed by atoms with Crippen LogP contribution in [0.2, 0.25) is 5.15 Å². The van der Waals surface area contributed by atoms with E-state index in [4.69, 9.17) is 11.6 Å². The van der Waals surface area contributed by atoms with Gasteiger partial charge in [0.15, 0.2) is 5.82 Å². The molecule has 0 N–H and O–H groups in total. The molecule has 0 aliphatic heterocycles. The fourth-order valence-corrected chi connectivity index (χ4v) is 1.61. The van der Waals surface area contributed by atoms with Crippen LogP contribution >= 0.6 is 11.6 Å². The Balaban J connectivity index is 2.51. The van der Waals surface area contributed by atoms with Gasteiger partial charge in [0.2, 0.25) is 0 Å². The van der Waals surface area contributed by atoms with Gasteiger partial charge >= 0.3 is 0 Å². The molecule has 0 bridgehead atoms. The Morgan fingerprint density at radius 1 is 1.25 bits per heavy atom. The summed E-state index contributed by atoms with van der Waals surface area (Å²) < 4.78 is 13.0. The van der Waals surface area contributed by atoms with Crippen molar-refractivity contribution in [3.63, 3.8) is 0 Å². The Morgan fingerprint density at radius 2 is 2.06 bits per heavy atom. The number of hydrogen-bond donors (Lipinski definition) is 0. The monoisotopic (exact) mass is 236 g/mol. The van der Waals surface area contributed by atoms with Gasteiger partial charge in [-0.15, -0.1) is 0 Å². The minimum atomic E-state index is -0.306. The predicted molar refractivity (Wildman–Crippen MR) is 61.8 cm³/mol. The Kier molecular flexibility index (Phi) is 3.15. The summed E-state index contributed by atoms with van der Waals surface area (Å²) in [5, 5.41) is 0.381. The molecule has 0 aliphatic carbocycles. The van der Waals surface area contributed by atoms with Crippen LogP contribution in [0.5, 0.6) is 0 Å². The van der Waals surface area contributed by atoms with E-state index in [2.05, 4.69) is 9.97 Å². The first-order valence-corrected chi connectivity index (χ1v) is 5.36. The topological polar surface area (TPSA) is 25.8 Å². The van der Waals surface area contributed by atoms with Crippen molar-refractivity contribution in [1.82, 2.24) is 9.97 Å². The highest BCUT2D eigenvalue weighted by Gasteiger charge is 2.05. The van der Waals surface area contributed by atoms with Crippen LogP contribution in [0.15, 0.2) is 30.3 Å². The fourth-order valence-electron chi connectivity index (χ4n) is 1.40. The van der Waals surface area contributed by atoms with Crippen LogP contribution in [0.3, 0.4) is 0 Å². The van der Waals surface area contributed by atoms with Crippen molar-refractivity contribution in [3.05, 3.63) is 47.0 Å². The maximum atomic E-state index is 13.0. The van der Waals surface area contributed by atoms with Gasteiger partial charge in [0, 0.05) is 11.3 Å². The molecule has 1 aromatic carbocycles. The molecule has 0 aliphatic rings. The number of benzene rings is 1. The Morgan fingerprint density at radius 3 is 2.75 bits per heavy atom. The number of hydrogen-bond acceptors (Lipinski definition) is 2. The van der Waals surface area contributed by atoms with Crippen molar-refractivity contribution in [1.29, 1.82) is 0 Å². The van der Waals surface area contributed by atoms with Gasteiger partial charge in [0.25, 0.3) is 0 Å². The summed E-state index contributed by atoms with van der Waals surface area (Å²) in [4.78, 5) is 8.38. The van der Waals surface area contributed by atoms with Crippen LogP contribution in [-0.4, -0.2) is 9.97 Å². The van der Waals surface area contributed by atoms with Crippen molar-refractivity contribution in [2.45, 2.75) is 13.3 Å². The molecule has 1 aromatic heterocycles. The third-order valence-corrected chi connectivity index (χ3v) is 2.39. The summed E-state index contributed by atoms with van der Waals surface area (Å²) in [5.41, 5.74) is 1.48. The lowest BCUT2D eigenvalue weighted by atomic mass is 10.2. The number of rotatable bonds is 2. The van der Waals surface area contributed by atoms with Crippen molar-refractivity contribution in [2.75, 3.05) is 0 Å². The van der Waals surface area contributed by atoms with Crippen LogP contribution < -0.4 is 0 Å². The molecule has 1 heterocycles. The number of halogens is 2. The van der Waals surface area contributed by atoms with Gasteiger partial charge < -0.3 is 0 Å². The van der Waals surface area contributed by atoms with Gasteiger partial charge in [0.1, 0.15) is 11.0 Å². The summed E-state index contributed by atoms with van der Waals surface area (Å²) in [6, 6.07) is 7.87. The number of aromatic nitrogens is 2. The highest BCUT2D eigenvalue weighted by Crippen LogP contribution is 2.19. The van der Waals surface area contributed by atoms with Crippen LogP contribution in [0.25, 0.3) is 11.4 Å². The molecule has 2 nitrogen and oxygen atoms in total. The van der Waals surface area contributed by atoms with E-state index in [0.29, 0.717) is 16.5 Å². The van der Waals surface area contributed by atoms with Gasteiger partial charge in [-0.3, -0.25) is 0 Å². The third-order valence-electron chi connectivity index (χ3n) is 2.19. The van der Waals surface area contributed by atoms with E-state index in [9.17, 15) is 4.39 Å². The van der Waals surface area contributed by atoms with Gasteiger partial charge in [0.05, 0.1) is 0 Å². The largest absolute Gasteiger partial charge is 0.233 e. The van der Waals surface area contributed by atoms with E-state index in [1.165, 1.54) is 12.1 Å². The maximum absolute atomic E-state index is 13.0. The van der Waals surface area contributed by atoms with E-state index < -0.39 is 0 Å². The van der Waals surface area contributed by atoms with Gasteiger partial charge in [-0.05, 0) is 24.6 Å². The lowest BCUT2D eigenvalue weighted by Gasteiger charge is -2.03. The minimum Gasteiger partial charge on any atom is -0.233 e. The summed E-state index contributed by atoms with van der Waals surface area (Å²) in [6.07, 6.45) is 0.768. The molecule has 0 spiro atoms. The van der Waals surface area contributed by atoms with Gasteiger partial charge in [-0.25, -0.2) is 14.4 Å². The third kappa shape index (κ3) is 2.36. The van der Waals surface area contributed by atoms with E-state index in [-0.39, 0.29) is 5.82 Å². The number of aryl methyl sites for hydroxylation is 1. The van der Waals surface area contributed by atoms with Gasteiger partial charge in [-0.2, -0.15) is 0 Å². The first kappa shape index (κ1) is 11.0. The molecule has 0 saturated carbocycles. The fraction of sp³-hybridized carbons (Fsp3) is 0.167. The van der Waals surface area contributed by atoms with Crippen LogP contribution in [-0.2, 0) is 6.42 Å². The molecule has 0 fully saturated rings. The molecule has 4 heteroatoms. The quantitative estimate of drug-likeness (QED) is 0.746. The zero-order valence-electron chi connectivity index (χ0n) is 8.74. The highest BCUT2D eigenvalue weighted by molar-refractivity contribution is 6.29. The minimum absolute atomic E-state index is 0.306. The number of nitrogens with zero attached hydrogens (tertiary/aromatic N) is 2. The van der Waals surface area contributed by atoms with Crippen molar-refractivity contribution in [3.8, 4) is 11.4 Å². The maximum Gasteiger partial charge on any atom is 0.161 e. The van der Waals surface area contributed by atoms with E-state index in [1.54, 1.807) is 18.2 Å². The SMILES string of the molecule is CCc1cc(Cl)nc(-c2cccc(F)c2)n1. The van der Waals surface area contributed by atoms with E-state index in [0.717, 1.165) is 12.1 Å². The van der Waals surface area contributed by atoms with Crippen LogP contribution in [0, 0.1) is 5.82 Å². The molecular weight excluding hydrogens is 227 g/mol. The molecular formula is C12H10ClFN2. The molecule has 2 aromatic rings. The normalized spacial score (nSPS) is 10.4. The van der Waals surface area contributed by atoms with Crippen molar-refractivity contribution < 1.29 is 4.39 Å². The Bertz CT molecular complexity index is 514. The smallest absolute Gasteiger partial charge is 0.161 e. The molecule has 0 radical (unpaired) electrons. The molecule has 0 unspecified atom stereocenters. The van der Waals surface area contributed by atoms with Crippen LogP contribution in [0.4, 0.5) is 4.39 Å². The van der Waals surface area contributed by atoms with E-state index in [1.807, 2.05) is 6.92 Å². The average Bonchev–Trinajstić information content (AvgIpc) is 2.28. The first-order valence-electron chi connectivity index (χ1n) is 4.98.